The van der Waals surface area contributed by atoms with E-state index in [1.54, 1.807) is 6.20 Å². The van der Waals surface area contributed by atoms with Crippen molar-refractivity contribution in [1.29, 1.82) is 0 Å². The van der Waals surface area contributed by atoms with Crippen LogP contribution < -0.4 is 4.90 Å². The van der Waals surface area contributed by atoms with Crippen molar-refractivity contribution in [3.8, 4) is 24.7 Å². The monoisotopic (exact) mass is 849 g/mol. The Labute approximate surface area is 366 Å². The Morgan fingerprint density at radius 2 is 1.53 bits per heavy atom. The Morgan fingerprint density at radius 1 is 0.900 bits per heavy atom. The minimum absolute atomic E-state index is 0.000921. The third kappa shape index (κ3) is 12.0. The number of aryl methyl sites for hydroxylation is 1. The van der Waals surface area contributed by atoms with Gasteiger partial charge in [-0.1, -0.05) is 66.2 Å². The van der Waals surface area contributed by atoms with Gasteiger partial charge in [0.15, 0.2) is 17.1 Å². The predicted octanol–water partition coefficient (Wildman–Crippen LogP) is 10.0. The summed E-state index contributed by atoms with van der Waals surface area (Å²) in [6.07, 6.45) is 30.2. The van der Waals surface area contributed by atoms with Gasteiger partial charge in [-0.2, -0.15) is 25.6 Å². The SMILES string of the molecule is C#CCCC1(CCC(=O)N(C)C2CCC(Cc3ccc(Cl)c(Cl)c3)C(/C=C\C)=C2C=C)N=N1.C#CCCC1(CCC(=O)N2CCN(c3nncc(C)c3/C=C\C)CC2)N=N1. The second-order valence-electron chi connectivity index (χ2n) is 15.8. The Bertz CT molecular complexity index is 2110. The first-order chi connectivity index (χ1) is 28.9. The molecule has 1 fully saturated rings. The minimum atomic E-state index is -0.437. The molecule has 1 aromatic heterocycles. The molecule has 4 heterocycles. The highest BCUT2D eigenvalue weighted by Gasteiger charge is 2.41. The zero-order valence-electron chi connectivity index (χ0n) is 35.4. The van der Waals surface area contributed by atoms with Crippen LogP contribution in [-0.4, -0.2) is 82.4 Å². The fourth-order valence-corrected chi connectivity index (χ4v) is 8.35. The summed E-state index contributed by atoms with van der Waals surface area (Å²) in [5, 5.41) is 26.1. The number of likely N-dealkylation sites (N-methyl/N-ethyl adjacent to an activating group) is 1. The molecule has 3 aliphatic heterocycles. The number of piperazine rings is 1. The van der Waals surface area contributed by atoms with Gasteiger partial charge < -0.3 is 14.7 Å². The fourth-order valence-electron chi connectivity index (χ4n) is 8.03. The van der Waals surface area contributed by atoms with Gasteiger partial charge in [0, 0.05) is 90.2 Å². The van der Waals surface area contributed by atoms with E-state index in [2.05, 4.69) is 72.2 Å². The molecule has 13 heteroatoms. The molecule has 2 atom stereocenters. The lowest BCUT2D eigenvalue weighted by Crippen LogP contribution is -2.49. The van der Waals surface area contributed by atoms with E-state index in [9.17, 15) is 9.59 Å². The van der Waals surface area contributed by atoms with Gasteiger partial charge in [0.05, 0.1) is 22.3 Å². The summed E-state index contributed by atoms with van der Waals surface area (Å²) < 4.78 is 0. The molecule has 2 amide bonds. The first kappa shape index (κ1) is 46.0. The van der Waals surface area contributed by atoms with Crippen molar-refractivity contribution in [3.63, 3.8) is 0 Å². The van der Waals surface area contributed by atoms with Crippen LogP contribution in [0.15, 0.2) is 86.9 Å². The molecule has 1 saturated heterocycles. The summed E-state index contributed by atoms with van der Waals surface area (Å²) >= 11 is 12.3. The number of nitrogens with zero attached hydrogens (tertiary/aromatic N) is 9. The average molecular weight is 851 g/mol. The highest BCUT2D eigenvalue weighted by atomic mass is 35.5. The smallest absolute Gasteiger partial charge is 0.222 e. The molecule has 0 N–H and O–H groups in total. The van der Waals surface area contributed by atoms with Gasteiger partial charge in [0.2, 0.25) is 11.8 Å². The van der Waals surface area contributed by atoms with Gasteiger partial charge in [-0.05, 0) is 80.4 Å². The van der Waals surface area contributed by atoms with Crippen LogP contribution in [-0.2, 0) is 16.0 Å². The molecular weight excluding hydrogens is 793 g/mol. The van der Waals surface area contributed by atoms with E-state index in [0.29, 0.717) is 74.0 Å². The number of hydrogen-bond donors (Lipinski definition) is 0. The summed E-state index contributed by atoms with van der Waals surface area (Å²) in [6.45, 7) is 13.0. The molecular formula is C47H57Cl2N9O2. The van der Waals surface area contributed by atoms with E-state index in [0.717, 1.165) is 66.9 Å². The third-order valence-electron chi connectivity index (χ3n) is 11.7. The van der Waals surface area contributed by atoms with Gasteiger partial charge in [-0.15, -0.1) is 29.8 Å². The van der Waals surface area contributed by atoms with E-state index in [4.69, 9.17) is 36.0 Å². The lowest BCUT2D eigenvalue weighted by Gasteiger charge is -2.37. The summed E-state index contributed by atoms with van der Waals surface area (Å²) in [6, 6.07) is 5.82. The van der Waals surface area contributed by atoms with Crippen molar-refractivity contribution in [2.75, 3.05) is 38.1 Å². The maximum atomic E-state index is 13.1. The molecule has 1 aromatic carbocycles. The van der Waals surface area contributed by atoms with Crippen LogP contribution in [0.4, 0.5) is 5.82 Å². The Balaban J connectivity index is 0.000000232. The van der Waals surface area contributed by atoms with Gasteiger partial charge >= 0.3 is 0 Å². The molecule has 0 bridgehead atoms. The number of hydrogen-bond acceptors (Lipinski definition) is 9. The van der Waals surface area contributed by atoms with E-state index < -0.39 is 5.66 Å². The van der Waals surface area contributed by atoms with E-state index in [1.165, 1.54) is 5.57 Å². The molecule has 2 aromatic rings. The summed E-state index contributed by atoms with van der Waals surface area (Å²) in [5.41, 5.74) is 4.87. The number of aromatic nitrogens is 2. The third-order valence-corrected chi connectivity index (χ3v) is 12.5. The normalized spacial score (nSPS) is 19.7. The molecule has 4 aliphatic rings. The maximum Gasteiger partial charge on any atom is 0.222 e. The van der Waals surface area contributed by atoms with Crippen molar-refractivity contribution in [3.05, 3.63) is 93.2 Å². The quantitative estimate of drug-likeness (QED) is 0.147. The van der Waals surface area contributed by atoms with E-state index in [1.807, 2.05) is 68.0 Å². The first-order valence-electron chi connectivity index (χ1n) is 20.8. The van der Waals surface area contributed by atoms with E-state index >= 15 is 0 Å². The highest BCUT2D eigenvalue weighted by molar-refractivity contribution is 6.42. The van der Waals surface area contributed by atoms with Crippen molar-refractivity contribution >= 4 is 46.9 Å². The van der Waals surface area contributed by atoms with Gasteiger partial charge in [-0.3, -0.25) is 9.59 Å². The summed E-state index contributed by atoms with van der Waals surface area (Å²) in [4.78, 5) is 31.6. The number of terminal acetylenes is 2. The molecule has 60 heavy (non-hydrogen) atoms. The zero-order chi connectivity index (χ0) is 43.3. The van der Waals surface area contributed by atoms with E-state index in [-0.39, 0.29) is 23.5 Å². The molecule has 6 rings (SSSR count). The zero-order valence-corrected chi connectivity index (χ0v) is 36.9. The average Bonchev–Trinajstić information content (AvgIpc) is 4.20. The van der Waals surface area contributed by atoms with Crippen LogP contribution in [0.3, 0.4) is 0 Å². The lowest BCUT2D eigenvalue weighted by atomic mass is 9.76. The second kappa shape index (κ2) is 21.4. The highest BCUT2D eigenvalue weighted by Crippen LogP contribution is 2.40. The number of rotatable bonds is 17. The Hall–Kier alpha value is -5.10. The van der Waals surface area contributed by atoms with Gasteiger partial charge in [-0.25, -0.2) is 0 Å². The van der Waals surface area contributed by atoms with Gasteiger partial charge in [0.25, 0.3) is 0 Å². The molecule has 0 saturated carbocycles. The first-order valence-corrected chi connectivity index (χ1v) is 21.6. The van der Waals surface area contributed by atoms with Crippen molar-refractivity contribution in [1.82, 2.24) is 20.0 Å². The number of benzene rings is 1. The molecule has 0 radical (unpaired) electrons. The molecule has 0 spiro atoms. The fraction of sp³-hybridized carbons (Fsp3) is 0.489. The van der Waals surface area contributed by atoms with Crippen LogP contribution in [0.1, 0.15) is 94.7 Å². The number of allylic oxidation sites excluding steroid dienone is 4. The standard InChI is InChI=1S/C27H31Cl2N3O.C20H26N6O/c1-5-8-15-27(30-31-27)16-14-26(33)32(4)25-13-11-20(22(9-6-2)21(25)7-3)17-19-10-12-23(28)24(29)18-19;1-4-6-9-20(23-24-20)10-8-18(27)25-11-13-26(14-12-25)19-17(7-5-2)16(3)15-21-22-19/h1,6-7,9-10,12,18,20,25H,3,8,11,13-17H2,2,4H3;1,5,7,15H,6,8-14H2,2-3H3/b9-6-;7-5-. The van der Waals surface area contributed by atoms with Gasteiger partial charge in [0.1, 0.15) is 0 Å². The molecule has 11 nitrogen and oxygen atoms in total. The maximum absolute atomic E-state index is 13.1. The molecule has 1 aliphatic carbocycles. The van der Waals surface area contributed by atoms with Crippen molar-refractivity contribution < 1.29 is 9.59 Å². The largest absolute Gasteiger partial charge is 0.351 e. The lowest BCUT2D eigenvalue weighted by molar-refractivity contribution is -0.132. The van der Waals surface area contributed by atoms with Crippen LogP contribution >= 0.6 is 23.2 Å². The topological polar surface area (TPSA) is 119 Å². The summed E-state index contributed by atoms with van der Waals surface area (Å²) in [7, 11) is 1.89. The van der Waals surface area contributed by atoms with Crippen LogP contribution in [0, 0.1) is 37.5 Å². The molecule has 316 valence electrons. The Morgan fingerprint density at radius 3 is 2.10 bits per heavy atom. The summed E-state index contributed by atoms with van der Waals surface area (Å²) in [5.74, 6) is 6.72. The number of amides is 2. The van der Waals surface area contributed by atoms with Crippen molar-refractivity contribution in [2.45, 2.75) is 109 Å². The number of carbonyl (C=O) groups excluding carboxylic acids is 2. The van der Waals surface area contributed by atoms with Crippen molar-refractivity contribution in [2.24, 2.45) is 26.4 Å². The number of halogens is 2. The minimum Gasteiger partial charge on any atom is -0.351 e. The molecule has 2 unspecified atom stereocenters. The second-order valence-corrected chi connectivity index (χ2v) is 16.6. The Kier molecular flexibility index (Phi) is 16.4. The number of anilines is 1. The van der Waals surface area contributed by atoms with Crippen LogP contribution in [0.25, 0.3) is 6.08 Å². The van der Waals surface area contributed by atoms with Crippen LogP contribution in [0.2, 0.25) is 10.0 Å². The van der Waals surface area contributed by atoms with Crippen LogP contribution in [0.5, 0.6) is 0 Å². The number of carbonyl (C=O) groups is 2. The predicted molar refractivity (Wildman–Crippen MR) is 242 cm³/mol.